The molecule has 0 radical (unpaired) electrons. The normalized spacial score (nSPS) is 9.07. The zero-order valence-corrected chi connectivity index (χ0v) is 9.95. The Hall–Kier alpha value is -0.840. The molecule has 0 saturated heterocycles. The molecule has 0 N–H and O–H groups in total. The van der Waals surface area contributed by atoms with E-state index in [2.05, 4.69) is 8.80 Å². The molecule has 0 fully saturated rings. The third-order valence-electron chi connectivity index (χ3n) is 1.33. The molecule has 0 bridgehead atoms. The number of thiophene rings is 1. The number of hydrogen-bond donors (Lipinski definition) is 0. The van der Waals surface area contributed by atoms with Gasteiger partial charge in [-0.3, -0.25) is 0 Å². The minimum Gasteiger partial charge on any atom is -0.210 e. The summed E-state index contributed by atoms with van der Waals surface area (Å²) in [5, 5.41) is 0. The molecule has 1 aromatic heterocycles. The summed E-state index contributed by atoms with van der Waals surface area (Å²) >= 11 is 3.95. The van der Waals surface area contributed by atoms with Gasteiger partial charge >= 0.3 is 0 Å². The molecule has 0 atom stereocenters. The fourth-order valence-electron chi connectivity index (χ4n) is 0.822. The van der Waals surface area contributed by atoms with Gasteiger partial charge in [0, 0.05) is 9.75 Å². The van der Waals surface area contributed by atoms with Crippen LogP contribution in [0.2, 0.25) is 0 Å². The summed E-state index contributed by atoms with van der Waals surface area (Å²) in [5.41, 5.74) is 0. The predicted octanol–water partition coefficient (Wildman–Crippen LogP) is 2.72. The molecule has 78 valence electrons. The molecular formula is C8H6N2O2S3. The zero-order chi connectivity index (χ0) is 10.9. The average molecular weight is 258 g/mol. The van der Waals surface area contributed by atoms with Crippen molar-refractivity contribution in [3.05, 3.63) is 21.9 Å². The van der Waals surface area contributed by atoms with Crippen LogP contribution in [0, 0.1) is 0 Å². The van der Waals surface area contributed by atoms with Crippen molar-refractivity contribution in [2.45, 2.75) is 11.5 Å². The summed E-state index contributed by atoms with van der Waals surface area (Å²) in [6.07, 6.45) is 2.93. The fourth-order valence-corrected chi connectivity index (χ4v) is 2.90. The highest BCUT2D eigenvalue weighted by atomic mass is 32.2. The molecular weight excluding hydrogens is 252 g/mol. The lowest BCUT2D eigenvalue weighted by Crippen LogP contribution is -1.68. The largest absolute Gasteiger partial charge is 0.247 e. The van der Waals surface area contributed by atoms with Crippen molar-refractivity contribution in [2.75, 3.05) is 0 Å². The first-order valence-corrected chi connectivity index (χ1v) is 6.53. The van der Waals surface area contributed by atoms with Gasteiger partial charge in [0.1, 0.15) is 0 Å². The van der Waals surface area contributed by atoms with Crippen LogP contribution in [0.1, 0.15) is 9.75 Å². The molecule has 0 spiro atoms. The van der Waals surface area contributed by atoms with Gasteiger partial charge in [0.15, 0.2) is 0 Å². The first-order chi connectivity index (χ1) is 7.36. The number of rotatable bonds is 6. The summed E-state index contributed by atoms with van der Waals surface area (Å²) in [6.45, 7) is 0. The van der Waals surface area contributed by atoms with Crippen molar-refractivity contribution in [3.63, 3.8) is 0 Å². The van der Waals surface area contributed by atoms with Gasteiger partial charge in [-0.05, 0) is 36.0 Å². The lowest BCUT2D eigenvalue weighted by Gasteiger charge is -1.89. The lowest BCUT2D eigenvalue weighted by molar-refractivity contribution is 0.565. The maximum absolute atomic E-state index is 9.81. The van der Waals surface area contributed by atoms with E-state index in [0.29, 0.717) is 11.5 Å². The van der Waals surface area contributed by atoms with Crippen molar-refractivity contribution < 1.29 is 9.59 Å². The fraction of sp³-hybridized carbons (Fsp3) is 0.250. The van der Waals surface area contributed by atoms with Gasteiger partial charge in [-0.15, -0.1) is 20.1 Å². The van der Waals surface area contributed by atoms with Crippen LogP contribution < -0.4 is 0 Å². The van der Waals surface area contributed by atoms with Crippen molar-refractivity contribution >= 4 is 47.4 Å². The number of nitrogens with zero attached hydrogens (tertiary/aromatic N) is 2. The lowest BCUT2D eigenvalue weighted by atomic mass is 10.5. The van der Waals surface area contributed by atoms with Crippen LogP contribution >= 0.6 is 35.2 Å². The van der Waals surface area contributed by atoms with Crippen molar-refractivity contribution in [2.24, 2.45) is 8.80 Å². The van der Waals surface area contributed by atoms with Crippen LogP contribution in [0.5, 0.6) is 0 Å². The van der Waals surface area contributed by atoms with E-state index in [1.165, 1.54) is 36.1 Å². The summed E-state index contributed by atoms with van der Waals surface area (Å²) in [6, 6.07) is 3.94. The highest BCUT2D eigenvalue weighted by Gasteiger charge is 2.00. The molecule has 1 aromatic rings. The maximum Gasteiger partial charge on any atom is 0.247 e. The maximum atomic E-state index is 9.81. The molecule has 0 aliphatic carbocycles. The number of carbonyl (C=O) groups excluding carboxylic acids is 2. The molecule has 15 heavy (non-hydrogen) atoms. The SMILES string of the molecule is O=C=NSCc1ccc(CSN=C=O)s1. The van der Waals surface area contributed by atoms with Crippen LogP contribution in [-0.2, 0) is 21.1 Å². The van der Waals surface area contributed by atoms with E-state index >= 15 is 0 Å². The molecule has 0 aliphatic rings. The van der Waals surface area contributed by atoms with E-state index in [0.717, 1.165) is 9.75 Å². The second-order valence-electron chi connectivity index (χ2n) is 2.28. The van der Waals surface area contributed by atoms with Gasteiger partial charge in [0.25, 0.3) is 0 Å². The van der Waals surface area contributed by atoms with Gasteiger partial charge in [-0.1, -0.05) is 0 Å². The van der Waals surface area contributed by atoms with Crippen LogP contribution in [-0.4, -0.2) is 12.2 Å². The molecule has 4 nitrogen and oxygen atoms in total. The van der Waals surface area contributed by atoms with Crippen LogP contribution in [0.3, 0.4) is 0 Å². The van der Waals surface area contributed by atoms with Gasteiger partial charge in [-0.2, -0.15) is 0 Å². The molecule has 7 heteroatoms. The second-order valence-corrected chi connectivity index (χ2v) is 4.99. The van der Waals surface area contributed by atoms with Crippen LogP contribution in [0.4, 0.5) is 0 Å². The topological polar surface area (TPSA) is 58.9 Å². The Kier molecular flexibility index (Phi) is 6.08. The Balaban J connectivity index is 2.41. The third-order valence-corrected chi connectivity index (χ3v) is 4.07. The molecule has 0 aliphatic heterocycles. The monoisotopic (exact) mass is 258 g/mol. The van der Waals surface area contributed by atoms with Crippen LogP contribution in [0.15, 0.2) is 20.9 Å². The molecule has 1 heterocycles. The first-order valence-electron chi connectivity index (χ1n) is 3.82. The summed E-state index contributed by atoms with van der Waals surface area (Å²) < 4.78 is 6.79. The minimum atomic E-state index is 0.668. The van der Waals surface area contributed by atoms with E-state index in [1.807, 2.05) is 12.1 Å². The Morgan fingerprint density at radius 3 is 1.93 bits per heavy atom. The summed E-state index contributed by atoms with van der Waals surface area (Å²) in [7, 11) is 0. The minimum absolute atomic E-state index is 0.668. The zero-order valence-electron chi connectivity index (χ0n) is 7.50. The molecule has 0 saturated carbocycles. The van der Waals surface area contributed by atoms with Crippen molar-refractivity contribution in [1.82, 2.24) is 0 Å². The van der Waals surface area contributed by atoms with Crippen molar-refractivity contribution in [3.8, 4) is 0 Å². The van der Waals surface area contributed by atoms with Crippen LogP contribution in [0.25, 0.3) is 0 Å². The van der Waals surface area contributed by atoms with Gasteiger partial charge in [0.2, 0.25) is 12.2 Å². The predicted molar refractivity (Wildman–Crippen MR) is 63.2 cm³/mol. The van der Waals surface area contributed by atoms with Crippen molar-refractivity contribution in [1.29, 1.82) is 0 Å². The molecule has 0 aromatic carbocycles. The summed E-state index contributed by atoms with van der Waals surface area (Å²) in [5.74, 6) is 1.34. The van der Waals surface area contributed by atoms with E-state index in [-0.39, 0.29) is 0 Å². The average Bonchev–Trinajstić information content (AvgIpc) is 2.67. The highest BCUT2D eigenvalue weighted by Crippen LogP contribution is 2.25. The smallest absolute Gasteiger partial charge is 0.210 e. The summed E-state index contributed by atoms with van der Waals surface area (Å²) in [4.78, 5) is 21.9. The first kappa shape index (κ1) is 12.2. The van der Waals surface area contributed by atoms with E-state index in [1.54, 1.807) is 11.3 Å². The van der Waals surface area contributed by atoms with Gasteiger partial charge in [0.05, 0.1) is 11.5 Å². The van der Waals surface area contributed by atoms with Gasteiger partial charge < -0.3 is 0 Å². The Morgan fingerprint density at radius 1 is 1.07 bits per heavy atom. The molecule has 1 rings (SSSR count). The Morgan fingerprint density at radius 2 is 1.53 bits per heavy atom. The Labute approximate surface area is 99.2 Å². The standard InChI is InChI=1S/C8H6N2O2S3/c11-5-9-13-3-7-1-2-8(15-7)4-14-10-6-12/h1-2H,3-4H2. The second kappa shape index (κ2) is 7.45. The molecule has 0 unspecified atom stereocenters. The van der Waals surface area contributed by atoms with E-state index in [4.69, 9.17) is 0 Å². The molecule has 0 amide bonds. The van der Waals surface area contributed by atoms with Gasteiger partial charge in [-0.25, -0.2) is 9.59 Å². The van der Waals surface area contributed by atoms with E-state index in [9.17, 15) is 9.59 Å². The highest BCUT2D eigenvalue weighted by molar-refractivity contribution is 7.97. The number of hydrogen-bond acceptors (Lipinski definition) is 7. The number of isocyanates is 2. The third kappa shape index (κ3) is 4.97. The van der Waals surface area contributed by atoms with E-state index < -0.39 is 0 Å². The Bertz CT molecular complexity index is 369. The quantitative estimate of drug-likeness (QED) is 0.447.